The summed E-state index contributed by atoms with van der Waals surface area (Å²) >= 11 is 0. The van der Waals surface area contributed by atoms with Crippen molar-refractivity contribution in [2.24, 2.45) is 11.3 Å². The number of nitrogens with zero attached hydrogens (tertiary/aromatic N) is 1. The van der Waals surface area contributed by atoms with E-state index in [0.717, 1.165) is 35.8 Å². The van der Waals surface area contributed by atoms with Gasteiger partial charge in [0.1, 0.15) is 0 Å². The number of rotatable bonds is 3. The van der Waals surface area contributed by atoms with Gasteiger partial charge in [0.05, 0.1) is 0 Å². The summed E-state index contributed by atoms with van der Waals surface area (Å²) in [6, 6.07) is 7.98. The molecule has 3 heteroatoms. The van der Waals surface area contributed by atoms with E-state index >= 15 is 0 Å². The van der Waals surface area contributed by atoms with Crippen LogP contribution in [0.15, 0.2) is 36.7 Å². The van der Waals surface area contributed by atoms with Crippen molar-refractivity contribution in [3.05, 3.63) is 42.2 Å². The highest BCUT2D eigenvalue weighted by Crippen LogP contribution is 2.38. The van der Waals surface area contributed by atoms with Gasteiger partial charge in [-0.2, -0.15) is 0 Å². The van der Waals surface area contributed by atoms with Gasteiger partial charge in [-0.3, -0.25) is 9.78 Å². The van der Waals surface area contributed by atoms with Crippen LogP contribution in [0.4, 0.5) is 0 Å². The predicted molar refractivity (Wildman–Crippen MR) is 80.8 cm³/mol. The number of pyridine rings is 1. The van der Waals surface area contributed by atoms with Crippen molar-refractivity contribution in [3.8, 4) is 0 Å². The maximum atomic E-state index is 13.1. The minimum atomic E-state index is -0.286. The van der Waals surface area contributed by atoms with Crippen molar-refractivity contribution in [2.75, 3.05) is 13.1 Å². The lowest BCUT2D eigenvalue weighted by molar-refractivity contribution is 0.0741. The number of carbonyl (C=O) groups excluding carboxylic acids is 1. The van der Waals surface area contributed by atoms with Gasteiger partial charge in [-0.1, -0.05) is 38.1 Å². The Balaban J connectivity index is 2.13. The van der Waals surface area contributed by atoms with Gasteiger partial charge >= 0.3 is 0 Å². The highest BCUT2D eigenvalue weighted by Gasteiger charge is 2.44. The lowest BCUT2D eigenvalue weighted by atomic mass is 9.71. The highest BCUT2D eigenvalue weighted by atomic mass is 16.1. The first kappa shape index (κ1) is 13.3. The topological polar surface area (TPSA) is 42.0 Å². The van der Waals surface area contributed by atoms with E-state index in [1.165, 1.54) is 0 Å². The van der Waals surface area contributed by atoms with Crippen LogP contribution in [-0.4, -0.2) is 23.9 Å². The number of carbonyl (C=O) groups is 1. The molecule has 3 nitrogen and oxygen atoms in total. The summed E-state index contributed by atoms with van der Waals surface area (Å²) in [5, 5.41) is 5.40. The van der Waals surface area contributed by atoms with Gasteiger partial charge in [0.2, 0.25) is 0 Å². The molecular weight excluding hydrogens is 248 g/mol. The van der Waals surface area contributed by atoms with E-state index in [-0.39, 0.29) is 11.2 Å². The largest absolute Gasteiger partial charge is 0.316 e. The molecule has 0 bridgehead atoms. The van der Waals surface area contributed by atoms with Crippen LogP contribution in [0.25, 0.3) is 10.8 Å². The van der Waals surface area contributed by atoms with Gasteiger partial charge in [0, 0.05) is 35.3 Å². The van der Waals surface area contributed by atoms with Crippen LogP contribution in [0.5, 0.6) is 0 Å². The van der Waals surface area contributed by atoms with E-state index in [2.05, 4.69) is 24.1 Å². The number of ketones is 1. The number of nitrogens with one attached hydrogen (secondary N) is 1. The summed E-state index contributed by atoms with van der Waals surface area (Å²) in [6.45, 7) is 5.97. The molecule has 1 aromatic carbocycles. The monoisotopic (exact) mass is 268 g/mol. The summed E-state index contributed by atoms with van der Waals surface area (Å²) in [6.07, 6.45) is 4.46. The quantitative estimate of drug-likeness (QED) is 0.870. The van der Waals surface area contributed by atoms with Gasteiger partial charge in [0.25, 0.3) is 0 Å². The third kappa shape index (κ3) is 1.93. The zero-order valence-corrected chi connectivity index (χ0v) is 12.0. The SMILES string of the molecule is CC(C)C1(C(=O)c2cncc3ccccc23)CCNC1. The van der Waals surface area contributed by atoms with E-state index in [1.807, 2.05) is 30.5 Å². The number of benzene rings is 1. The Kier molecular flexibility index (Phi) is 3.30. The molecule has 0 aliphatic carbocycles. The van der Waals surface area contributed by atoms with Crippen molar-refractivity contribution in [3.63, 3.8) is 0 Å². The average molecular weight is 268 g/mol. The van der Waals surface area contributed by atoms with Gasteiger partial charge in [-0.05, 0) is 24.3 Å². The van der Waals surface area contributed by atoms with E-state index in [0.29, 0.717) is 5.92 Å². The van der Waals surface area contributed by atoms with Gasteiger partial charge < -0.3 is 5.32 Å². The first-order chi connectivity index (χ1) is 9.65. The molecule has 0 amide bonds. The van der Waals surface area contributed by atoms with Crippen molar-refractivity contribution in [1.29, 1.82) is 0 Å². The molecule has 1 saturated heterocycles. The molecule has 3 rings (SSSR count). The predicted octanol–water partition coefficient (Wildman–Crippen LogP) is 3.05. The van der Waals surface area contributed by atoms with Crippen molar-refractivity contribution < 1.29 is 4.79 Å². The molecule has 1 unspecified atom stereocenters. The Labute approximate surface area is 119 Å². The van der Waals surface area contributed by atoms with Crippen LogP contribution in [0, 0.1) is 11.3 Å². The number of aromatic nitrogens is 1. The number of hydrogen-bond donors (Lipinski definition) is 1. The highest BCUT2D eigenvalue weighted by molar-refractivity contribution is 6.10. The van der Waals surface area contributed by atoms with Gasteiger partial charge in [-0.15, -0.1) is 0 Å². The van der Waals surface area contributed by atoms with E-state index in [4.69, 9.17) is 0 Å². The molecule has 1 N–H and O–H groups in total. The molecule has 104 valence electrons. The fourth-order valence-electron chi connectivity index (χ4n) is 3.23. The second-order valence-corrected chi connectivity index (χ2v) is 5.97. The first-order valence-corrected chi connectivity index (χ1v) is 7.23. The summed E-state index contributed by atoms with van der Waals surface area (Å²) in [5.41, 5.74) is 0.478. The fraction of sp³-hybridized carbons (Fsp3) is 0.412. The van der Waals surface area contributed by atoms with Crippen molar-refractivity contribution in [1.82, 2.24) is 10.3 Å². The molecule has 0 saturated carbocycles. The van der Waals surface area contributed by atoms with Crippen molar-refractivity contribution in [2.45, 2.75) is 20.3 Å². The summed E-state index contributed by atoms with van der Waals surface area (Å²) in [7, 11) is 0. The standard InChI is InChI=1S/C17H20N2O/c1-12(2)17(7-8-18-11-17)16(20)15-10-19-9-13-5-3-4-6-14(13)15/h3-6,9-10,12,18H,7-8,11H2,1-2H3. The molecular formula is C17H20N2O. The molecule has 1 atom stereocenters. The van der Waals surface area contributed by atoms with Crippen LogP contribution < -0.4 is 5.32 Å². The Morgan fingerprint density at radius 2 is 2.10 bits per heavy atom. The van der Waals surface area contributed by atoms with E-state index in [1.54, 1.807) is 6.20 Å². The first-order valence-electron chi connectivity index (χ1n) is 7.23. The molecule has 1 fully saturated rings. The fourth-order valence-corrected chi connectivity index (χ4v) is 3.23. The van der Waals surface area contributed by atoms with Crippen LogP contribution in [-0.2, 0) is 0 Å². The Morgan fingerprint density at radius 1 is 1.30 bits per heavy atom. The Bertz CT molecular complexity index is 637. The minimum absolute atomic E-state index is 0.238. The molecule has 1 aromatic heterocycles. The van der Waals surface area contributed by atoms with Gasteiger partial charge in [-0.25, -0.2) is 0 Å². The third-order valence-corrected chi connectivity index (χ3v) is 4.66. The van der Waals surface area contributed by atoms with Crippen LogP contribution >= 0.6 is 0 Å². The lowest BCUT2D eigenvalue weighted by Gasteiger charge is -2.31. The minimum Gasteiger partial charge on any atom is -0.316 e. The van der Waals surface area contributed by atoms with Crippen molar-refractivity contribution >= 4 is 16.6 Å². The van der Waals surface area contributed by atoms with Crippen LogP contribution in [0.1, 0.15) is 30.6 Å². The molecule has 20 heavy (non-hydrogen) atoms. The number of fused-ring (bicyclic) bond motifs is 1. The second kappa shape index (κ2) is 4.98. The smallest absolute Gasteiger partial charge is 0.172 e. The van der Waals surface area contributed by atoms with E-state index in [9.17, 15) is 4.79 Å². The van der Waals surface area contributed by atoms with E-state index < -0.39 is 0 Å². The zero-order valence-electron chi connectivity index (χ0n) is 12.0. The maximum absolute atomic E-state index is 13.1. The molecule has 2 aromatic rings. The molecule has 1 aliphatic rings. The lowest BCUT2D eigenvalue weighted by Crippen LogP contribution is -2.38. The van der Waals surface area contributed by atoms with Gasteiger partial charge in [0.15, 0.2) is 5.78 Å². The second-order valence-electron chi connectivity index (χ2n) is 5.97. The maximum Gasteiger partial charge on any atom is 0.172 e. The Morgan fingerprint density at radius 3 is 2.80 bits per heavy atom. The molecule has 0 spiro atoms. The van der Waals surface area contributed by atoms with Crippen LogP contribution in [0.3, 0.4) is 0 Å². The summed E-state index contributed by atoms with van der Waals surface area (Å²) in [4.78, 5) is 17.4. The summed E-state index contributed by atoms with van der Waals surface area (Å²) in [5.74, 6) is 0.561. The number of Topliss-reactive ketones (excluding diaryl/α,β-unsaturated/α-hetero) is 1. The molecule has 2 heterocycles. The number of hydrogen-bond acceptors (Lipinski definition) is 3. The molecule has 0 radical (unpaired) electrons. The molecule has 1 aliphatic heterocycles. The zero-order chi connectivity index (χ0) is 14.2. The normalized spacial score (nSPS) is 22.6. The Hall–Kier alpha value is -1.74. The van der Waals surface area contributed by atoms with Crippen LogP contribution in [0.2, 0.25) is 0 Å². The third-order valence-electron chi connectivity index (χ3n) is 4.66. The average Bonchev–Trinajstić information content (AvgIpc) is 2.97. The summed E-state index contributed by atoms with van der Waals surface area (Å²) < 4.78 is 0.